The van der Waals surface area contributed by atoms with E-state index in [9.17, 15) is 9.59 Å². The number of aryl methyl sites for hydroxylation is 2. The zero-order valence-corrected chi connectivity index (χ0v) is 22.8. The van der Waals surface area contributed by atoms with Crippen LogP contribution in [0.25, 0.3) is 21.9 Å². The molecule has 2 aliphatic rings. The maximum atomic E-state index is 13.2. The number of hydrogen-bond donors (Lipinski definition) is 3. The molecule has 0 radical (unpaired) electrons. The quantitative estimate of drug-likeness (QED) is 0.271. The first-order chi connectivity index (χ1) is 19.1. The molecule has 0 bridgehead atoms. The molecule has 5 heterocycles. The van der Waals surface area contributed by atoms with Crippen LogP contribution in [-0.4, -0.2) is 64.3 Å². The van der Waals surface area contributed by atoms with E-state index in [2.05, 4.69) is 21.7 Å². The number of nitrogens with zero attached hydrogens (tertiary/aromatic N) is 2. The Morgan fingerprint density at radius 1 is 1.21 bits per heavy atom. The molecule has 0 aliphatic carbocycles. The molecule has 10 heteroatoms. The van der Waals surface area contributed by atoms with Crippen LogP contribution in [0.15, 0.2) is 42.7 Å². The molecule has 0 saturated carbocycles. The van der Waals surface area contributed by atoms with Gasteiger partial charge in [-0.15, -0.1) is 0 Å². The Hall–Kier alpha value is -3.50. The van der Waals surface area contributed by atoms with Gasteiger partial charge in [-0.25, -0.2) is 9.78 Å². The molecular formula is C29H33N5O4S. The first kappa shape index (κ1) is 25.8. The Morgan fingerprint density at radius 3 is 2.85 bits per heavy atom. The highest BCUT2D eigenvalue weighted by Crippen LogP contribution is 2.34. The second-order valence-corrected chi connectivity index (χ2v) is 11.4. The summed E-state index contributed by atoms with van der Waals surface area (Å²) in [6.45, 7) is 1.43. The molecule has 3 aromatic heterocycles. The average Bonchev–Trinajstić information content (AvgIpc) is 3.71. The highest BCUT2D eigenvalue weighted by atomic mass is 32.2. The number of rotatable bonds is 8. The van der Waals surface area contributed by atoms with E-state index in [-0.39, 0.29) is 11.8 Å². The molecule has 2 saturated heterocycles. The molecule has 6 rings (SSSR count). The van der Waals surface area contributed by atoms with Gasteiger partial charge < -0.3 is 29.7 Å². The SMILES string of the molecule is COC(=O)c1c(NC(=O)C2CCOC2)c2cc(NC3CCSCC3)cnc2n1CCc1c[nH]c2ccccc12. The molecule has 1 aromatic carbocycles. The number of carbonyl (C=O) groups excluding carboxylic acids is 2. The maximum Gasteiger partial charge on any atom is 0.356 e. The number of fused-ring (bicyclic) bond motifs is 2. The summed E-state index contributed by atoms with van der Waals surface area (Å²) in [5.74, 6) is 1.35. The number of benzene rings is 1. The van der Waals surface area contributed by atoms with Crippen molar-refractivity contribution in [2.45, 2.75) is 38.3 Å². The van der Waals surface area contributed by atoms with Gasteiger partial charge in [-0.05, 0) is 54.9 Å². The molecule has 2 aliphatic heterocycles. The fourth-order valence-corrected chi connectivity index (χ4v) is 6.68. The summed E-state index contributed by atoms with van der Waals surface area (Å²) >= 11 is 1.98. The molecule has 1 unspecified atom stereocenters. The molecular weight excluding hydrogens is 514 g/mol. The zero-order valence-electron chi connectivity index (χ0n) is 22.0. The van der Waals surface area contributed by atoms with Gasteiger partial charge in [0.1, 0.15) is 5.65 Å². The third-order valence-electron chi connectivity index (χ3n) is 7.70. The number of hydrogen-bond acceptors (Lipinski definition) is 7. The first-order valence-corrected chi connectivity index (χ1v) is 14.7. The number of carbonyl (C=O) groups is 2. The van der Waals surface area contributed by atoms with Crippen molar-refractivity contribution in [2.24, 2.45) is 5.92 Å². The van der Waals surface area contributed by atoms with Crippen molar-refractivity contribution >= 4 is 56.9 Å². The molecule has 1 amide bonds. The Bertz CT molecular complexity index is 1500. The lowest BCUT2D eigenvalue weighted by molar-refractivity contribution is -0.119. The second kappa shape index (κ2) is 11.3. The van der Waals surface area contributed by atoms with Crippen molar-refractivity contribution in [1.82, 2.24) is 14.5 Å². The number of amides is 1. The van der Waals surface area contributed by atoms with E-state index in [1.165, 1.54) is 7.11 Å². The number of aromatic nitrogens is 3. The van der Waals surface area contributed by atoms with Gasteiger partial charge in [0.05, 0.1) is 37.2 Å². The molecule has 9 nitrogen and oxygen atoms in total. The Balaban J connectivity index is 1.40. The van der Waals surface area contributed by atoms with E-state index >= 15 is 0 Å². The van der Waals surface area contributed by atoms with E-state index in [0.29, 0.717) is 55.7 Å². The summed E-state index contributed by atoms with van der Waals surface area (Å²) in [7, 11) is 1.36. The summed E-state index contributed by atoms with van der Waals surface area (Å²) < 4.78 is 12.5. The molecule has 204 valence electrons. The Morgan fingerprint density at radius 2 is 2.05 bits per heavy atom. The number of methoxy groups -OCH3 is 1. The first-order valence-electron chi connectivity index (χ1n) is 13.5. The number of H-pyrrole nitrogens is 1. The van der Waals surface area contributed by atoms with Crippen LogP contribution in [-0.2, 0) is 27.2 Å². The molecule has 1 atom stereocenters. The predicted molar refractivity (Wildman–Crippen MR) is 155 cm³/mol. The molecule has 2 fully saturated rings. The largest absolute Gasteiger partial charge is 0.464 e. The number of esters is 1. The van der Waals surface area contributed by atoms with E-state index in [1.807, 2.05) is 53.0 Å². The second-order valence-electron chi connectivity index (χ2n) is 10.2. The van der Waals surface area contributed by atoms with Gasteiger partial charge in [0.2, 0.25) is 5.91 Å². The lowest BCUT2D eigenvalue weighted by Crippen LogP contribution is -2.25. The number of nitrogens with one attached hydrogen (secondary N) is 3. The third kappa shape index (κ3) is 5.23. The maximum absolute atomic E-state index is 13.2. The number of pyridine rings is 1. The Kier molecular flexibility index (Phi) is 7.47. The summed E-state index contributed by atoms with van der Waals surface area (Å²) in [6, 6.07) is 10.5. The van der Waals surface area contributed by atoms with Crippen LogP contribution in [0.5, 0.6) is 0 Å². The van der Waals surface area contributed by atoms with Crippen molar-refractivity contribution in [1.29, 1.82) is 0 Å². The summed E-state index contributed by atoms with van der Waals surface area (Å²) in [5, 5.41) is 8.55. The van der Waals surface area contributed by atoms with Gasteiger partial charge in [0.15, 0.2) is 5.69 Å². The van der Waals surface area contributed by atoms with Crippen molar-refractivity contribution in [3.8, 4) is 0 Å². The van der Waals surface area contributed by atoms with E-state index in [0.717, 1.165) is 51.9 Å². The van der Waals surface area contributed by atoms with Crippen LogP contribution in [0.4, 0.5) is 11.4 Å². The minimum absolute atomic E-state index is 0.156. The van der Waals surface area contributed by atoms with Gasteiger partial charge >= 0.3 is 5.97 Å². The highest BCUT2D eigenvalue weighted by molar-refractivity contribution is 7.99. The average molecular weight is 548 g/mol. The van der Waals surface area contributed by atoms with E-state index < -0.39 is 5.97 Å². The minimum Gasteiger partial charge on any atom is -0.464 e. The lowest BCUT2D eigenvalue weighted by Gasteiger charge is -2.23. The van der Waals surface area contributed by atoms with Crippen molar-refractivity contribution in [2.75, 3.05) is 42.5 Å². The number of anilines is 2. The van der Waals surface area contributed by atoms with Gasteiger partial charge in [0.25, 0.3) is 0 Å². The standard InChI is InChI=1S/C29H33N5O4S/c1-37-29(36)26-25(33-28(35)19-7-11-38-17-19)23-14-21(32-20-8-12-39-13-9-20)16-31-27(23)34(26)10-6-18-15-30-24-5-3-2-4-22(18)24/h2-5,14-16,19-20,30,32H,6-13,17H2,1H3,(H,33,35). The monoisotopic (exact) mass is 547 g/mol. The van der Waals surface area contributed by atoms with Crippen LogP contribution < -0.4 is 10.6 Å². The fourth-order valence-electron chi connectivity index (χ4n) is 5.57. The summed E-state index contributed by atoms with van der Waals surface area (Å²) in [6.07, 6.45) is 7.34. The van der Waals surface area contributed by atoms with E-state index in [1.54, 1.807) is 0 Å². The lowest BCUT2D eigenvalue weighted by atomic mass is 10.1. The van der Waals surface area contributed by atoms with Crippen molar-refractivity contribution < 1.29 is 19.1 Å². The normalized spacial score (nSPS) is 18.0. The molecule has 4 aromatic rings. The van der Waals surface area contributed by atoms with Crippen LogP contribution >= 0.6 is 11.8 Å². The van der Waals surface area contributed by atoms with Crippen molar-refractivity contribution in [3.63, 3.8) is 0 Å². The summed E-state index contributed by atoms with van der Waals surface area (Å²) in [4.78, 5) is 34.6. The van der Waals surface area contributed by atoms with Crippen molar-refractivity contribution in [3.05, 3.63) is 54.0 Å². The van der Waals surface area contributed by atoms with Gasteiger partial charge in [-0.2, -0.15) is 11.8 Å². The van der Waals surface area contributed by atoms with Crippen LogP contribution in [0.2, 0.25) is 0 Å². The number of thioether (sulfide) groups is 1. The number of ether oxygens (including phenoxy) is 2. The van der Waals surface area contributed by atoms with Crippen LogP contribution in [0.1, 0.15) is 35.3 Å². The molecule has 0 spiro atoms. The Labute approximate surface area is 231 Å². The number of para-hydroxylation sites is 1. The third-order valence-corrected chi connectivity index (χ3v) is 8.75. The molecule has 39 heavy (non-hydrogen) atoms. The minimum atomic E-state index is -0.510. The topological polar surface area (TPSA) is 110 Å². The van der Waals surface area contributed by atoms with E-state index in [4.69, 9.17) is 14.5 Å². The fraction of sp³-hybridized carbons (Fsp3) is 0.414. The van der Waals surface area contributed by atoms with Gasteiger partial charge in [-0.1, -0.05) is 18.2 Å². The van der Waals surface area contributed by atoms with Gasteiger partial charge in [-0.3, -0.25) is 4.79 Å². The summed E-state index contributed by atoms with van der Waals surface area (Å²) in [5.41, 5.74) is 4.48. The zero-order chi connectivity index (χ0) is 26.8. The number of aromatic amines is 1. The van der Waals surface area contributed by atoms with Crippen LogP contribution in [0.3, 0.4) is 0 Å². The smallest absolute Gasteiger partial charge is 0.356 e. The molecule has 3 N–H and O–H groups in total. The van der Waals surface area contributed by atoms with Crippen LogP contribution in [0, 0.1) is 5.92 Å². The predicted octanol–water partition coefficient (Wildman–Crippen LogP) is 4.83. The highest BCUT2D eigenvalue weighted by Gasteiger charge is 2.30. The van der Waals surface area contributed by atoms with Gasteiger partial charge in [0, 0.05) is 41.7 Å².